The summed E-state index contributed by atoms with van der Waals surface area (Å²) >= 11 is 0. The highest BCUT2D eigenvalue weighted by Crippen LogP contribution is 1.54. The average molecular weight is 208 g/mol. The zero-order chi connectivity index (χ0) is 11.8. The van der Waals surface area contributed by atoms with Crippen molar-refractivity contribution in [3.05, 3.63) is 0 Å². The summed E-state index contributed by atoms with van der Waals surface area (Å²) in [6, 6.07) is 0. The molecule has 0 spiro atoms. The maximum Gasteiger partial charge on any atom is 0.404 e. The third kappa shape index (κ3) is 76.7. The predicted molar refractivity (Wildman–Crippen MR) is 48.2 cm³/mol. The van der Waals surface area contributed by atoms with Crippen LogP contribution in [-0.4, -0.2) is 43.5 Å². The quantitative estimate of drug-likeness (QED) is 0.343. The molecule has 0 aliphatic carbocycles. The van der Waals surface area contributed by atoms with Crippen LogP contribution >= 0.6 is 0 Å². The Morgan fingerprint density at radius 3 is 1.57 bits per heavy atom. The van der Waals surface area contributed by atoms with Crippen molar-refractivity contribution in [1.29, 1.82) is 0 Å². The lowest BCUT2D eigenvalue weighted by Crippen LogP contribution is -2.27. The van der Waals surface area contributed by atoms with Crippen molar-refractivity contribution < 1.29 is 19.5 Å². The van der Waals surface area contributed by atoms with Gasteiger partial charge in [-0.2, -0.15) is 9.59 Å². The van der Waals surface area contributed by atoms with Gasteiger partial charge in [0, 0.05) is 26.2 Å². The van der Waals surface area contributed by atoms with Crippen LogP contribution in [0.5, 0.6) is 0 Å². The number of nitrogens with two attached hydrogens (primary N) is 3. The van der Waals surface area contributed by atoms with E-state index in [0.29, 0.717) is 26.2 Å². The molecule has 0 aromatic rings. The highest BCUT2D eigenvalue weighted by molar-refractivity contribution is 5.64. The maximum absolute atomic E-state index is 9.59. The molecule has 0 aromatic heterocycles. The van der Waals surface area contributed by atoms with E-state index in [-0.39, 0.29) is 6.15 Å². The summed E-state index contributed by atoms with van der Waals surface area (Å²) in [5.41, 5.74) is 14.8. The lowest BCUT2D eigenvalue weighted by Gasteiger charge is -1.92. The summed E-state index contributed by atoms with van der Waals surface area (Å²) in [5.74, 6) is 0. The molecule has 8 N–H and O–H groups in total. The zero-order valence-corrected chi connectivity index (χ0v) is 7.73. The Morgan fingerprint density at radius 1 is 1.14 bits per heavy atom. The molecule has 0 heterocycles. The highest BCUT2D eigenvalue weighted by atomic mass is 16.4. The van der Waals surface area contributed by atoms with E-state index in [4.69, 9.17) is 31.9 Å². The van der Waals surface area contributed by atoms with E-state index in [1.807, 2.05) is 0 Å². The molecule has 14 heavy (non-hydrogen) atoms. The van der Waals surface area contributed by atoms with E-state index in [1.165, 1.54) is 0 Å². The van der Waals surface area contributed by atoms with E-state index in [9.17, 15) is 4.79 Å². The van der Waals surface area contributed by atoms with Gasteiger partial charge >= 0.3 is 12.2 Å². The van der Waals surface area contributed by atoms with Gasteiger partial charge in [0.1, 0.15) is 0 Å². The van der Waals surface area contributed by atoms with E-state index in [0.717, 1.165) is 0 Å². The predicted octanol–water partition coefficient (Wildman–Crippen LogP) is -2.47. The molecule has 0 radical (unpaired) electrons. The second-order valence-electron chi connectivity index (χ2n) is 1.68. The molecule has 8 nitrogen and oxygen atoms in total. The minimum Gasteiger partial charge on any atom is -0.465 e. The number of rotatable bonds is 3. The van der Waals surface area contributed by atoms with E-state index < -0.39 is 6.09 Å². The molecule has 1 amide bonds. The van der Waals surface area contributed by atoms with Gasteiger partial charge in [-0.1, -0.05) is 0 Å². The molecule has 0 aliphatic rings. The Hall–Kier alpha value is -1.47. The molecule has 0 rings (SSSR count). The molecule has 0 saturated heterocycles. The van der Waals surface area contributed by atoms with Crippen LogP contribution in [0.1, 0.15) is 0 Å². The van der Waals surface area contributed by atoms with Crippen LogP contribution in [0.25, 0.3) is 0 Å². The van der Waals surface area contributed by atoms with Gasteiger partial charge in [0.2, 0.25) is 0 Å². The molecule has 8 heteroatoms. The van der Waals surface area contributed by atoms with E-state index >= 15 is 0 Å². The molecule has 0 aliphatic heterocycles. The Balaban J connectivity index is -0.000000147. The van der Waals surface area contributed by atoms with Gasteiger partial charge in [-0.3, -0.25) is 0 Å². The Bertz CT molecular complexity index is 145. The highest BCUT2D eigenvalue weighted by Gasteiger charge is 1.86. The molecule has 0 fully saturated rings. The first-order valence-corrected chi connectivity index (χ1v) is 3.66. The second-order valence-corrected chi connectivity index (χ2v) is 1.68. The molecule has 0 atom stereocenters. The van der Waals surface area contributed by atoms with Crippen molar-refractivity contribution in [2.45, 2.75) is 0 Å². The van der Waals surface area contributed by atoms with Crippen molar-refractivity contribution in [2.24, 2.45) is 17.2 Å². The smallest absolute Gasteiger partial charge is 0.404 e. The van der Waals surface area contributed by atoms with Crippen LogP contribution in [-0.2, 0) is 9.59 Å². The number of amides is 1. The van der Waals surface area contributed by atoms with Crippen LogP contribution in [0.2, 0.25) is 0 Å². The number of hydrogen-bond donors (Lipinski definition) is 5. The van der Waals surface area contributed by atoms with Gasteiger partial charge in [-0.25, -0.2) is 4.79 Å². The summed E-state index contributed by atoms with van der Waals surface area (Å²) in [7, 11) is 0. The van der Waals surface area contributed by atoms with E-state index in [2.05, 4.69) is 5.32 Å². The summed E-state index contributed by atoms with van der Waals surface area (Å²) in [4.78, 5) is 25.8. The first-order chi connectivity index (χ1) is 6.60. The minimum atomic E-state index is -1.02. The molecular formula is C6H16N4O4. The van der Waals surface area contributed by atoms with Crippen molar-refractivity contribution in [3.63, 3.8) is 0 Å². The fraction of sp³-hybridized carbons (Fsp3) is 0.667. The van der Waals surface area contributed by atoms with Crippen LogP contribution in [0, 0.1) is 0 Å². The molecule has 0 aromatic carbocycles. The van der Waals surface area contributed by atoms with Gasteiger partial charge in [0.25, 0.3) is 0 Å². The maximum atomic E-state index is 9.59. The largest absolute Gasteiger partial charge is 0.465 e. The van der Waals surface area contributed by atoms with Gasteiger partial charge in [-0.15, -0.1) is 0 Å². The number of carbonyl (C=O) groups is 1. The molecular weight excluding hydrogens is 192 g/mol. The van der Waals surface area contributed by atoms with Crippen LogP contribution in [0.3, 0.4) is 0 Å². The monoisotopic (exact) mass is 208 g/mol. The van der Waals surface area contributed by atoms with Gasteiger partial charge in [0.15, 0.2) is 0 Å². The minimum absolute atomic E-state index is 0.250. The number of carboxylic acid groups (broad SMARTS) is 1. The Kier molecular flexibility index (Phi) is 29.5. The summed E-state index contributed by atoms with van der Waals surface area (Å²) < 4.78 is 0. The topological polar surface area (TPSA) is 162 Å². The molecule has 84 valence electrons. The first-order valence-electron chi connectivity index (χ1n) is 3.66. The van der Waals surface area contributed by atoms with Crippen molar-refractivity contribution in [2.75, 3.05) is 26.2 Å². The third-order valence-electron chi connectivity index (χ3n) is 0.587. The molecule has 0 bridgehead atoms. The standard InChI is InChI=1S/C3H8N2O2.C2H8N2.CO2/c4-1-2-5-3(6)7;3-1-2-4;2-1-3/h5H,1-2,4H2,(H,6,7);1-4H2;. The van der Waals surface area contributed by atoms with Crippen molar-refractivity contribution >= 4 is 12.2 Å². The SMILES string of the molecule is NCCN.NCCNC(=O)O.O=C=O. The fourth-order valence-corrected chi connectivity index (χ4v) is 0.179. The number of nitrogens with one attached hydrogen (secondary N) is 1. The van der Waals surface area contributed by atoms with E-state index in [1.54, 1.807) is 0 Å². The lowest BCUT2D eigenvalue weighted by molar-refractivity contribution is -0.191. The summed E-state index contributed by atoms with van der Waals surface area (Å²) in [5, 5.41) is 9.96. The summed E-state index contributed by atoms with van der Waals surface area (Å²) in [6.07, 6.45) is -0.773. The van der Waals surface area contributed by atoms with Crippen LogP contribution < -0.4 is 22.5 Å². The molecule has 0 saturated carbocycles. The average Bonchev–Trinajstić information content (AvgIpc) is 2.16. The third-order valence-corrected chi connectivity index (χ3v) is 0.587. The fourth-order valence-electron chi connectivity index (χ4n) is 0.179. The van der Waals surface area contributed by atoms with Gasteiger partial charge in [0.05, 0.1) is 0 Å². The van der Waals surface area contributed by atoms with Gasteiger partial charge in [-0.05, 0) is 0 Å². The van der Waals surface area contributed by atoms with Crippen molar-refractivity contribution in [1.82, 2.24) is 5.32 Å². The first kappa shape index (κ1) is 18.3. The Labute approximate surface area is 81.4 Å². The van der Waals surface area contributed by atoms with Crippen LogP contribution in [0.4, 0.5) is 4.79 Å². The van der Waals surface area contributed by atoms with Crippen LogP contribution in [0.15, 0.2) is 0 Å². The lowest BCUT2D eigenvalue weighted by atomic mass is 10.7. The normalized spacial score (nSPS) is 6.79. The summed E-state index contributed by atoms with van der Waals surface area (Å²) in [6.45, 7) is 1.88. The Morgan fingerprint density at radius 2 is 1.50 bits per heavy atom. The number of hydrogen-bond acceptors (Lipinski definition) is 6. The second kappa shape index (κ2) is 22.5. The number of carbonyl (C=O) groups excluding carboxylic acids is 2. The van der Waals surface area contributed by atoms with Crippen molar-refractivity contribution in [3.8, 4) is 0 Å². The zero-order valence-electron chi connectivity index (χ0n) is 7.73. The van der Waals surface area contributed by atoms with Gasteiger partial charge < -0.3 is 27.6 Å². The molecule has 0 unspecified atom stereocenters.